The molecule has 1 aliphatic rings. The summed E-state index contributed by atoms with van der Waals surface area (Å²) in [5.41, 5.74) is 7.46. The van der Waals surface area contributed by atoms with Crippen LogP contribution in [0.4, 0.5) is 0 Å². The van der Waals surface area contributed by atoms with Crippen LogP contribution in [0.25, 0.3) is 0 Å². The van der Waals surface area contributed by atoms with Gasteiger partial charge in [-0.3, -0.25) is 9.89 Å². The molecule has 2 rings (SSSR count). The molecule has 3 N–H and O–H groups in total. The predicted molar refractivity (Wildman–Crippen MR) is 74.0 cm³/mol. The Morgan fingerprint density at radius 1 is 1.62 bits per heavy atom. The van der Waals surface area contributed by atoms with Gasteiger partial charge in [-0.1, -0.05) is 13.8 Å². The second kappa shape index (κ2) is 5.87. The zero-order chi connectivity index (χ0) is 15.6. The number of nitrogens with two attached hydrogens (primary N) is 1. The molecule has 7 heteroatoms. The topological polar surface area (TPSA) is 114 Å². The van der Waals surface area contributed by atoms with Crippen molar-refractivity contribution in [2.75, 3.05) is 6.61 Å². The highest BCUT2D eigenvalue weighted by Gasteiger charge is 2.36. The number of nitrogens with one attached hydrogen (secondary N) is 1. The second-order valence-corrected chi connectivity index (χ2v) is 5.12. The number of carbonyl (C=O) groups excluding carboxylic acids is 1. The number of esters is 1. The zero-order valence-electron chi connectivity index (χ0n) is 12.3. The fourth-order valence-corrected chi connectivity index (χ4v) is 2.51. The van der Waals surface area contributed by atoms with Gasteiger partial charge < -0.3 is 15.2 Å². The maximum absolute atomic E-state index is 11.7. The molecule has 21 heavy (non-hydrogen) atoms. The number of H-pyrrole nitrogens is 1. The van der Waals surface area contributed by atoms with E-state index in [9.17, 15) is 10.1 Å². The van der Waals surface area contributed by atoms with E-state index in [1.165, 1.54) is 0 Å². The van der Waals surface area contributed by atoms with Crippen LogP contribution in [0.1, 0.15) is 37.9 Å². The van der Waals surface area contributed by atoms with Gasteiger partial charge in [-0.25, -0.2) is 0 Å². The Morgan fingerprint density at radius 3 is 2.90 bits per heavy atom. The lowest BCUT2D eigenvalue weighted by Crippen LogP contribution is -2.24. The summed E-state index contributed by atoms with van der Waals surface area (Å²) < 4.78 is 10.3. The molecule has 0 aliphatic carbocycles. The predicted octanol–water partition coefficient (Wildman–Crippen LogP) is 1.34. The minimum Gasteiger partial charge on any atom is -0.466 e. The standard InChI is InChI=1S/C14H18N4O3/c1-4-20-10(19)5-9-12-11(7(2)3)8(6-15)13(16)21-14(12)18-17-9/h7,11H,4-5,16H2,1-3H3,(H,17,18)/t11-/m0/s1. The van der Waals surface area contributed by atoms with Gasteiger partial charge in [-0.2, -0.15) is 5.26 Å². The highest BCUT2D eigenvalue weighted by Crippen LogP contribution is 2.42. The Hall–Kier alpha value is -2.49. The highest BCUT2D eigenvalue weighted by molar-refractivity contribution is 5.73. The number of rotatable bonds is 4. The summed E-state index contributed by atoms with van der Waals surface area (Å²) in [4.78, 5) is 11.7. The molecule has 0 radical (unpaired) electrons. The van der Waals surface area contributed by atoms with Crippen LogP contribution in [0.15, 0.2) is 11.5 Å². The smallest absolute Gasteiger partial charge is 0.311 e. The van der Waals surface area contributed by atoms with Gasteiger partial charge in [0.25, 0.3) is 0 Å². The molecular formula is C14H18N4O3. The molecule has 1 aliphatic heterocycles. The number of allylic oxidation sites excluding steroid dienone is 1. The molecule has 1 aromatic heterocycles. The summed E-state index contributed by atoms with van der Waals surface area (Å²) in [6.45, 7) is 6.02. The molecule has 112 valence electrons. The molecule has 2 heterocycles. The molecule has 0 amide bonds. The third-order valence-electron chi connectivity index (χ3n) is 3.36. The Labute approximate surface area is 122 Å². The van der Waals surface area contributed by atoms with Crippen LogP contribution < -0.4 is 10.5 Å². The van der Waals surface area contributed by atoms with Gasteiger partial charge in [-0.05, 0) is 12.8 Å². The van der Waals surface area contributed by atoms with Crippen molar-refractivity contribution < 1.29 is 14.3 Å². The summed E-state index contributed by atoms with van der Waals surface area (Å²) in [6, 6.07) is 2.09. The molecule has 0 spiro atoms. The molecule has 1 atom stereocenters. The first-order valence-electron chi connectivity index (χ1n) is 6.79. The van der Waals surface area contributed by atoms with Crippen molar-refractivity contribution in [3.63, 3.8) is 0 Å². The van der Waals surface area contributed by atoms with E-state index < -0.39 is 0 Å². The van der Waals surface area contributed by atoms with Crippen molar-refractivity contribution >= 4 is 5.97 Å². The number of fused-ring (bicyclic) bond motifs is 1. The summed E-state index contributed by atoms with van der Waals surface area (Å²) in [6.07, 6.45) is 0.0569. The number of hydrogen-bond acceptors (Lipinski definition) is 6. The van der Waals surface area contributed by atoms with Crippen LogP contribution in [0.5, 0.6) is 5.88 Å². The van der Waals surface area contributed by atoms with Gasteiger partial charge in [-0.15, -0.1) is 5.10 Å². The average molecular weight is 290 g/mol. The van der Waals surface area contributed by atoms with E-state index in [4.69, 9.17) is 15.2 Å². The monoisotopic (exact) mass is 290 g/mol. The maximum Gasteiger partial charge on any atom is 0.311 e. The Morgan fingerprint density at radius 2 is 2.33 bits per heavy atom. The van der Waals surface area contributed by atoms with Crippen molar-refractivity contribution in [3.8, 4) is 11.9 Å². The van der Waals surface area contributed by atoms with E-state index in [1.54, 1.807) is 6.92 Å². The number of nitrogens with zero attached hydrogens (tertiary/aromatic N) is 2. The van der Waals surface area contributed by atoms with Crippen molar-refractivity contribution in [2.24, 2.45) is 11.7 Å². The van der Waals surface area contributed by atoms with Gasteiger partial charge in [0.1, 0.15) is 6.07 Å². The number of hydrogen-bond donors (Lipinski definition) is 2. The third-order valence-corrected chi connectivity index (χ3v) is 3.36. The first-order valence-corrected chi connectivity index (χ1v) is 6.79. The normalized spacial score (nSPS) is 17.2. The second-order valence-electron chi connectivity index (χ2n) is 5.12. The molecule has 0 saturated heterocycles. The molecule has 7 nitrogen and oxygen atoms in total. The zero-order valence-corrected chi connectivity index (χ0v) is 12.3. The van der Waals surface area contributed by atoms with E-state index >= 15 is 0 Å². The SMILES string of the molecule is CCOC(=O)Cc1[nH]nc2c1[C@@H](C(C)C)C(C#N)=C(N)O2. The maximum atomic E-state index is 11.7. The van der Waals surface area contributed by atoms with Gasteiger partial charge in [0.2, 0.25) is 11.8 Å². The van der Waals surface area contributed by atoms with E-state index in [2.05, 4.69) is 16.3 Å². The number of carbonyl (C=O) groups is 1. The molecule has 0 bridgehead atoms. The van der Waals surface area contributed by atoms with Crippen LogP contribution in [0.2, 0.25) is 0 Å². The Kier molecular flexibility index (Phi) is 4.17. The lowest BCUT2D eigenvalue weighted by Gasteiger charge is -2.26. The van der Waals surface area contributed by atoms with Crippen LogP contribution in [0, 0.1) is 17.2 Å². The first kappa shape index (κ1) is 14.9. The lowest BCUT2D eigenvalue weighted by molar-refractivity contribution is -0.142. The third kappa shape index (κ3) is 2.70. The van der Waals surface area contributed by atoms with E-state index in [0.29, 0.717) is 29.3 Å². The highest BCUT2D eigenvalue weighted by atomic mass is 16.5. The van der Waals surface area contributed by atoms with Crippen molar-refractivity contribution in [2.45, 2.75) is 33.1 Å². The summed E-state index contributed by atoms with van der Waals surface area (Å²) >= 11 is 0. The van der Waals surface area contributed by atoms with Crippen LogP contribution in [-0.2, 0) is 16.0 Å². The largest absolute Gasteiger partial charge is 0.466 e. The lowest BCUT2D eigenvalue weighted by atomic mass is 9.81. The van der Waals surface area contributed by atoms with Gasteiger partial charge in [0, 0.05) is 11.5 Å². The van der Waals surface area contributed by atoms with Crippen molar-refractivity contribution in [3.05, 3.63) is 22.7 Å². The van der Waals surface area contributed by atoms with Crippen molar-refractivity contribution in [1.82, 2.24) is 10.2 Å². The molecule has 0 aromatic carbocycles. The van der Waals surface area contributed by atoms with E-state index in [1.807, 2.05) is 13.8 Å². The quantitative estimate of drug-likeness (QED) is 0.809. The summed E-state index contributed by atoms with van der Waals surface area (Å²) in [5, 5.41) is 16.1. The Bertz CT molecular complexity index is 625. The minimum atomic E-state index is -0.354. The molecule has 0 saturated carbocycles. The minimum absolute atomic E-state index is 0.0569. The van der Waals surface area contributed by atoms with Gasteiger partial charge in [0.15, 0.2) is 0 Å². The van der Waals surface area contributed by atoms with Crippen LogP contribution in [-0.4, -0.2) is 22.8 Å². The van der Waals surface area contributed by atoms with E-state index in [-0.39, 0.29) is 30.1 Å². The molecule has 0 unspecified atom stereocenters. The van der Waals surface area contributed by atoms with Gasteiger partial charge in [0.05, 0.1) is 24.3 Å². The Balaban J connectivity index is 2.42. The summed E-state index contributed by atoms with van der Waals surface area (Å²) in [7, 11) is 0. The number of aromatic nitrogens is 2. The van der Waals surface area contributed by atoms with Crippen LogP contribution in [0.3, 0.4) is 0 Å². The molecule has 0 fully saturated rings. The van der Waals surface area contributed by atoms with Crippen LogP contribution >= 0.6 is 0 Å². The molecular weight excluding hydrogens is 272 g/mol. The average Bonchev–Trinajstić information content (AvgIpc) is 2.79. The summed E-state index contributed by atoms with van der Waals surface area (Å²) in [5.74, 6) is -0.101. The van der Waals surface area contributed by atoms with Crippen molar-refractivity contribution in [1.29, 1.82) is 5.26 Å². The van der Waals surface area contributed by atoms with E-state index in [0.717, 1.165) is 0 Å². The fraction of sp³-hybridized carbons (Fsp3) is 0.500. The number of aromatic amines is 1. The first-order chi connectivity index (χ1) is 9.99. The number of nitriles is 1. The number of ether oxygens (including phenoxy) is 2. The van der Waals surface area contributed by atoms with Gasteiger partial charge >= 0.3 is 5.97 Å². The molecule has 1 aromatic rings. The fourth-order valence-electron chi connectivity index (χ4n) is 2.51.